The Bertz CT molecular complexity index is 1080. The van der Waals surface area contributed by atoms with Crippen LogP contribution in [0.15, 0.2) is 23.8 Å². The molecule has 0 saturated heterocycles. The average molecular weight is 559 g/mol. The smallest absolute Gasteiger partial charge is 0.247 e. The molecule has 0 aromatic heterocycles. The van der Waals surface area contributed by atoms with E-state index < -0.39 is 30.1 Å². The van der Waals surface area contributed by atoms with Gasteiger partial charge in [-0.2, -0.15) is 0 Å². The number of nitrogens with one attached hydrogen (secondary N) is 1. The van der Waals surface area contributed by atoms with Crippen LogP contribution in [0.4, 0.5) is 0 Å². The second-order valence-corrected chi connectivity index (χ2v) is 10.7. The Morgan fingerprint density at radius 3 is 2.70 bits per heavy atom. The highest BCUT2D eigenvalue weighted by Gasteiger charge is 2.51. The van der Waals surface area contributed by atoms with Gasteiger partial charge < -0.3 is 34.6 Å². The number of aliphatic hydroxyl groups excluding tert-OH is 2. The van der Waals surface area contributed by atoms with Crippen LogP contribution in [-0.4, -0.2) is 91.5 Å². The van der Waals surface area contributed by atoms with E-state index >= 15 is 0 Å². The Kier molecular flexibility index (Phi) is 10.6. The fraction of sp³-hybridized carbons (Fsp3) is 0.633. The Morgan fingerprint density at radius 2 is 2.02 bits per heavy atom. The maximum Gasteiger partial charge on any atom is 0.247 e. The lowest BCUT2D eigenvalue weighted by molar-refractivity contribution is -0.137. The highest BCUT2D eigenvalue weighted by molar-refractivity contribution is 5.96. The summed E-state index contributed by atoms with van der Waals surface area (Å²) >= 11 is 0. The Labute approximate surface area is 235 Å². The molecule has 3 N–H and O–H groups in total. The number of nitrogens with zero attached hydrogens (tertiary/aromatic N) is 1. The summed E-state index contributed by atoms with van der Waals surface area (Å²) in [5.41, 5.74) is 1.23. The van der Waals surface area contributed by atoms with Gasteiger partial charge in [0.1, 0.15) is 18.5 Å². The molecular formula is C30H42N2O8. The van der Waals surface area contributed by atoms with Gasteiger partial charge in [-0.3, -0.25) is 14.4 Å². The number of hydrogen-bond donors (Lipinski definition) is 3. The largest absolute Gasteiger partial charge is 0.493 e. The SMILES string of the molecule is CCOCCCN(C(=O)CCC1CCCC1)[C@@H]1C=C(C(=O)NCCO)[C@@H]2c3cc(C=O)cc(OC)c3O[C@@H]2[C@H]1O. The number of amides is 2. The summed E-state index contributed by atoms with van der Waals surface area (Å²) in [4.78, 5) is 40.4. The minimum absolute atomic E-state index is 0.0462. The monoisotopic (exact) mass is 558 g/mol. The molecule has 1 fully saturated rings. The van der Waals surface area contributed by atoms with Crippen LogP contribution in [0.25, 0.3) is 0 Å². The third-order valence-corrected chi connectivity index (χ3v) is 8.22. The number of fused-ring (bicyclic) bond motifs is 3. The van der Waals surface area contributed by atoms with E-state index in [1.165, 1.54) is 20.0 Å². The van der Waals surface area contributed by atoms with Gasteiger partial charge >= 0.3 is 0 Å². The van der Waals surface area contributed by atoms with E-state index in [0.29, 0.717) is 73.0 Å². The van der Waals surface area contributed by atoms with E-state index in [-0.39, 0.29) is 19.1 Å². The number of carbonyl (C=O) groups excluding carboxylic acids is 3. The summed E-state index contributed by atoms with van der Waals surface area (Å²) in [6, 6.07) is 2.39. The van der Waals surface area contributed by atoms with Crippen molar-refractivity contribution < 1.29 is 38.8 Å². The molecule has 2 amide bonds. The van der Waals surface area contributed by atoms with Gasteiger partial charge in [0.2, 0.25) is 11.8 Å². The lowest BCUT2D eigenvalue weighted by Crippen LogP contribution is -2.56. The highest BCUT2D eigenvalue weighted by Crippen LogP contribution is 2.51. The van der Waals surface area contributed by atoms with Crippen molar-refractivity contribution in [1.29, 1.82) is 0 Å². The molecule has 0 unspecified atom stereocenters. The molecule has 0 radical (unpaired) electrons. The van der Waals surface area contributed by atoms with E-state index in [1.54, 1.807) is 23.1 Å². The lowest BCUT2D eigenvalue weighted by Gasteiger charge is -2.41. The molecule has 40 heavy (non-hydrogen) atoms. The van der Waals surface area contributed by atoms with E-state index in [0.717, 1.165) is 19.3 Å². The number of benzene rings is 1. The number of rotatable bonds is 14. The van der Waals surface area contributed by atoms with Crippen molar-refractivity contribution in [1.82, 2.24) is 10.2 Å². The number of methoxy groups -OCH3 is 1. The molecule has 1 aromatic carbocycles. The molecular weight excluding hydrogens is 516 g/mol. The molecule has 10 nitrogen and oxygen atoms in total. The van der Waals surface area contributed by atoms with Gasteiger partial charge in [0.15, 0.2) is 11.5 Å². The summed E-state index contributed by atoms with van der Waals surface area (Å²) in [5.74, 6) is 0.0346. The standard InChI is InChI=1S/C30H42N2O8/c1-3-39-14-6-12-32(25(35)10-9-19-7-4-5-8-19)23-17-22(30(37)31-11-13-33)26-21-15-20(18-34)16-24(38-2)28(21)40-29(26)27(23)36/h15-19,23,26-27,29,33,36H,3-14H2,1-2H3,(H,31,37)/t23-,26+,27+,29+/m1/s1. The number of ether oxygens (including phenoxy) is 3. The molecule has 0 spiro atoms. The van der Waals surface area contributed by atoms with Gasteiger partial charge in [0.05, 0.1) is 25.7 Å². The van der Waals surface area contributed by atoms with Gasteiger partial charge in [0.25, 0.3) is 0 Å². The fourth-order valence-electron chi connectivity index (χ4n) is 6.25. The van der Waals surface area contributed by atoms with Crippen molar-refractivity contribution in [3.8, 4) is 11.5 Å². The molecule has 10 heteroatoms. The minimum Gasteiger partial charge on any atom is -0.493 e. The van der Waals surface area contributed by atoms with Crippen LogP contribution < -0.4 is 14.8 Å². The van der Waals surface area contributed by atoms with E-state index in [9.17, 15) is 24.6 Å². The zero-order valence-electron chi connectivity index (χ0n) is 23.5. The van der Waals surface area contributed by atoms with Crippen LogP contribution in [0.3, 0.4) is 0 Å². The number of hydrogen-bond acceptors (Lipinski definition) is 8. The van der Waals surface area contributed by atoms with Gasteiger partial charge in [-0.25, -0.2) is 0 Å². The maximum atomic E-state index is 13.7. The molecule has 0 bridgehead atoms. The van der Waals surface area contributed by atoms with Crippen LogP contribution >= 0.6 is 0 Å². The highest BCUT2D eigenvalue weighted by atomic mass is 16.5. The van der Waals surface area contributed by atoms with Crippen molar-refractivity contribution in [3.05, 3.63) is 34.9 Å². The summed E-state index contributed by atoms with van der Waals surface area (Å²) < 4.78 is 17.2. The second kappa shape index (κ2) is 14.1. The van der Waals surface area contributed by atoms with Crippen LogP contribution in [0, 0.1) is 5.92 Å². The Hall–Kier alpha value is -2.95. The zero-order valence-corrected chi connectivity index (χ0v) is 23.5. The molecule has 220 valence electrons. The van der Waals surface area contributed by atoms with Crippen molar-refractivity contribution in [2.24, 2.45) is 5.92 Å². The van der Waals surface area contributed by atoms with Gasteiger partial charge in [-0.1, -0.05) is 25.7 Å². The molecule has 1 heterocycles. The van der Waals surface area contributed by atoms with E-state index in [4.69, 9.17) is 14.2 Å². The normalized spacial score (nSPS) is 23.6. The first-order valence-electron chi connectivity index (χ1n) is 14.4. The van der Waals surface area contributed by atoms with Crippen LogP contribution in [0.2, 0.25) is 0 Å². The molecule has 3 aliphatic rings. The van der Waals surface area contributed by atoms with Crippen LogP contribution in [0.1, 0.15) is 73.7 Å². The summed E-state index contributed by atoms with van der Waals surface area (Å²) in [6.45, 7) is 3.12. The van der Waals surface area contributed by atoms with E-state index in [2.05, 4.69) is 5.32 Å². The third kappa shape index (κ3) is 6.50. The van der Waals surface area contributed by atoms with Gasteiger partial charge in [0, 0.05) is 49.4 Å². The first kappa shape index (κ1) is 30.0. The van der Waals surface area contributed by atoms with Crippen molar-refractivity contribution in [2.45, 2.75) is 76.0 Å². The third-order valence-electron chi connectivity index (χ3n) is 8.22. The zero-order chi connectivity index (χ0) is 28.6. The molecule has 1 saturated carbocycles. The van der Waals surface area contributed by atoms with E-state index in [1.807, 2.05) is 6.92 Å². The van der Waals surface area contributed by atoms with Crippen molar-refractivity contribution in [2.75, 3.05) is 40.0 Å². The molecule has 4 rings (SSSR count). The number of aliphatic hydroxyl groups is 2. The maximum absolute atomic E-state index is 13.7. The molecule has 1 aromatic rings. The van der Waals surface area contributed by atoms with Crippen molar-refractivity contribution >= 4 is 18.1 Å². The Morgan fingerprint density at radius 1 is 1.25 bits per heavy atom. The lowest BCUT2D eigenvalue weighted by atomic mass is 9.77. The second-order valence-electron chi connectivity index (χ2n) is 10.7. The Balaban J connectivity index is 1.69. The van der Waals surface area contributed by atoms with Gasteiger partial charge in [-0.15, -0.1) is 0 Å². The predicted octanol–water partition coefficient (Wildman–Crippen LogP) is 2.36. The predicted molar refractivity (Wildman–Crippen MR) is 148 cm³/mol. The number of carbonyl (C=O) groups is 3. The summed E-state index contributed by atoms with van der Waals surface area (Å²) in [6.07, 6.45) is 6.75. The first-order valence-corrected chi connectivity index (χ1v) is 14.4. The van der Waals surface area contributed by atoms with Crippen molar-refractivity contribution in [3.63, 3.8) is 0 Å². The topological polar surface area (TPSA) is 135 Å². The molecule has 4 atom stereocenters. The quantitative estimate of drug-likeness (QED) is 0.234. The average Bonchev–Trinajstić information content (AvgIpc) is 3.63. The molecule has 2 aliphatic carbocycles. The van der Waals surface area contributed by atoms with Crippen LogP contribution in [0.5, 0.6) is 11.5 Å². The fourth-order valence-corrected chi connectivity index (χ4v) is 6.25. The summed E-state index contributed by atoms with van der Waals surface area (Å²) in [7, 11) is 1.46. The molecule has 1 aliphatic heterocycles. The number of aldehydes is 1. The van der Waals surface area contributed by atoms with Crippen LogP contribution in [-0.2, 0) is 14.3 Å². The minimum atomic E-state index is -1.14. The first-order chi connectivity index (χ1) is 19.4. The summed E-state index contributed by atoms with van der Waals surface area (Å²) in [5, 5.41) is 23.7. The van der Waals surface area contributed by atoms with Gasteiger partial charge in [-0.05, 0) is 43.9 Å².